The molecule has 1 fully saturated rings. The van der Waals surface area contributed by atoms with Crippen molar-refractivity contribution >= 4 is 27.1 Å². The van der Waals surface area contributed by atoms with Gasteiger partial charge in [0.2, 0.25) is 0 Å². The normalized spacial score (nSPS) is 14.5. The van der Waals surface area contributed by atoms with E-state index in [-0.39, 0.29) is 11.7 Å². The van der Waals surface area contributed by atoms with Crippen LogP contribution in [-0.4, -0.2) is 33.7 Å². The quantitative estimate of drug-likeness (QED) is 0.874. The summed E-state index contributed by atoms with van der Waals surface area (Å²) in [6.45, 7) is 4.24. The number of sulfone groups is 1. The number of hydrogen-bond donors (Lipinski definition) is 1. The number of carbonyl (C=O) groups excluding carboxylic acids is 1. The summed E-state index contributed by atoms with van der Waals surface area (Å²) in [6, 6.07) is 12.6. The van der Waals surface area contributed by atoms with Gasteiger partial charge in [0.15, 0.2) is 9.84 Å². The maximum Gasteiger partial charge on any atom is 0.255 e. The standard InChI is InChI=1S/C20H24N2O3S/c1-15-13-18(9-10-19(15)22-11-3-4-12-22)21-20(23)17-7-5-16(6-8-17)14-26(2,24)25/h5-10,13H,3-4,11-12,14H2,1-2H3,(H,21,23). The highest BCUT2D eigenvalue weighted by atomic mass is 32.2. The number of nitrogens with one attached hydrogen (secondary N) is 1. The summed E-state index contributed by atoms with van der Waals surface area (Å²) in [7, 11) is -3.08. The fourth-order valence-electron chi connectivity index (χ4n) is 3.30. The molecular weight excluding hydrogens is 348 g/mol. The Kier molecular flexibility index (Phi) is 5.32. The van der Waals surface area contributed by atoms with Crippen molar-refractivity contribution in [2.75, 3.05) is 29.6 Å². The van der Waals surface area contributed by atoms with E-state index < -0.39 is 9.84 Å². The predicted octanol–water partition coefficient (Wildman–Crippen LogP) is 3.39. The van der Waals surface area contributed by atoms with Crippen LogP contribution < -0.4 is 10.2 Å². The largest absolute Gasteiger partial charge is 0.371 e. The molecule has 0 saturated carbocycles. The lowest BCUT2D eigenvalue weighted by Gasteiger charge is -2.20. The Labute approximate surface area is 154 Å². The van der Waals surface area contributed by atoms with Gasteiger partial charge in [-0.05, 0) is 61.2 Å². The number of hydrogen-bond acceptors (Lipinski definition) is 4. The van der Waals surface area contributed by atoms with E-state index >= 15 is 0 Å². The Hall–Kier alpha value is -2.34. The number of benzene rings is 2. The Morgan fingerprint density at radius 1 is 1.08 bits per heavy atom. The maximum atomic E-state index is 12.4. The van der Waals surface area contributed by atoms with Crippen LogP contribution in [0.15, 0.2) is 42.5 Å². The van der Waals surface area contributed by atoms with Gasteiger partial charge in [-0.2, -0.15) is 0 Å². The average Bonchev–Trinajstić information content (AvgIpc) is 3.08. The van der Waals surface area contributed by atoms with Crippen molar-refractivity contribution in [3.05, 3.63) is 59.2 Å². The molecule has 0 atom stereocenters. The van der Waals surface area contributed by atoms with Gasteiger partial charge < -0.3 is 10.2 Å². The van der Waals surface area contributed by atoms with Crippen molar-refractivity contribution in [2.45, 2.75) is 25.5 Å². The average molecular weight is 372 g/mol. The minimum absolute atomic E-state index is 0.0218. The molecule has 0 aromatic heterocycles. The molecule has 2 aromatic rings. The van der Waals surface area contributed by atoms with Gasteiger partial charge in [0, 0.05) is 36.3 Å². The zero-order valence-corrected chi connectivity index (χ0v) is 16.0. The highest BCUT2D eigenvalue weighted by Gasteiger charge is 2.15. The molecular formula is C20H24N2O3S. The molecule has 26 heavy (non-hydrogen) atoms. The third-order valence-corrected chi connectivity index (χ3v) is 5.40. The summed E-state index contributed by atoms with van der Waals surface area (Å²) in [4.78, 5) is 14.8. The van der Waals surface area contributed by atoms with Crippen LogP contribution in [0, 0.1) is 6.92 Å². The van der Waals surface area contributed by atoms with Crippen molar-refractivity contribution in [1.82, 2.24) is 0 Å². The number of carbonyl (C=O) groups is 1. The third kappa shape index (κ3) is 4.64. The molecule has 1 aliphatic rings. The second-order valence-corrected chi connectivity index (χ2v) is 9.06. The summed E-state index contributed by atoms with van der Waals surface area (Å²) in [5, 5.41) is 2.91. The van der Waals surface area contributed by atoms with Gasteiger partial charge in [0.05, 0.1) is 5.75 Å². The lowest BCUT2D eigenvalue weighted by atomic mass is 10.1. The molecule has 0 bridgehead atoms. The monoisotopic (exact) mass is 372 g/mol. The summed E-state index contributed by atoms with van der Waals surface area (Å²) in [5.74, 6) is -0.226. The second kappa shape index (κ2) is 7.50. The zero-order valence-electron chi connectivity index (χ0n) is 15.2. The highest BCUT2D eigenvalue weighted by molar-refractivity contribution is 7.89. The first kappa shape index (κ1) is 18.5. The van der Waals surface area contributed by atoms with E-state index in [0.717, 1.165) is 24.3 Å². The van der Waals surface area contributed by atoms with Gasteiger partial charge in [0.1, 0.15) is 0 Å². The lowest BCUT2D eigenvalue weighted by molar-refractivity contribution is 0.102. The Morgan fingerprint density at radius 2 is 1.73 bits per heavy atom. The molecule has 1 amide bonds. The van der Waals surface area contributed by atoms with Gasteiger partial charge in [0.25, 0.3) is 5.91 Å². The van der Waals surface area contributed by atoms with Gasteiger partial charge in [-0.1, -0.05) is 12.1 Å². The first-order valence-electron chi connectivity index (χ1n) is 8.75. The minimum Gasteiger partial charge on any atom is -0.371 e. The van der Waals surface area contributed by atoms with Crippen molar-refractivity contribution in [1.29, 1.82) is 0 Å². The molecule has 5 nitrogen and oxygen atoms in total. The van der Waals surface area contributed by atoms with Crippen LogP contribution in [0.25, 0.3) is 0 Å². The van der Waals surface area contributed by atoms with Crippen LogP contribution in [0.2, 0.25) is 0 Å². The summed E-state index contributed by atoms with van der Waals surface area (Å²) >= 11 is 0. The number of aryl methyl sites for hydroxylation is 1. The van der Waals surface area contributed by atoms with Crippen molar-refractivity contribution < 1.29 is 13.2 Å². The van der Waals surface area contributed by atoms with Crippen LogP contribution in [-0.2, 0) is 15.6 Å². The fraction of sp³-hybridized carbons (Fsp3) is 0.350. The smallest absolute Gasteiger partial charge is 0.255 e. The van der Waals surface area contributed by atoms with Crippen molar-refractivity contribution in [3.8, 4) is 0 Å². The van der Waals surface area contributed by atoms with Gasteiger partial charge in [-0.25, -0.2) is 8.42 Å². The molecule has 0 spiro atoms. The van der Waals surface area contributed by atoms with Crippen LogP contribution >= 0.6 is 0 Å². The van der Waals surface area contributed by atoms with E-state index in [4.69, 9.17) is 0 Å². The Balaban J connectivity index is 1.68. The minimum atomic E-state index is -3.08. The van der Waals surface area contributed by atoms with Crippen molar-refractivity contribution in [3.63, 3.8) is 0 Å². The third-order valence-electron chi connectivity index (χ3n) is 4.55. The number of anilines is 2. The molecule has 0 aliphatic carbocycles. The van der Waals surface area contributed by atoms with E-state index in [1.54, 1.807) is 24.3 Å². The molecule has 1 N–H and O–H groups in total. The van der Waals surface area contributed by atoms with E-state index in [1.807, 2.05) is 12.1 Å². The zero-order chi connectivity index (χ0) is 18.7. The van der Waals surface area contributed by atoms with Crippen LogP contribution in [0.1, 0.15) is 34.3 Å². The van der Waals surface area contributed by atoms with E-state index in [2.05, 4.69) is 23.2 Å². The number of amides is 1. The van der Waals surface area contributed by atoms with Crippen LogP contribution in [0.3, 0.4) is 0 Å². The topological polar surface area (TPSA) is 66.5 Å². The first-order valence-corrected chi connectivity index (χ1v) is 10.8. The molecule has 138 valence electrons. The SMILES string of the molecule is Cc1cc(NC(=O)c2ccc(CS(C)(=O)=O)cc2)ccc1N1CCCC1. The highest BCUT2D eigenvalue weighted by Crippen LogP contribution is 2.27. The molecule has 6 heteroatoms. The Bertz CT molecular complexity index is 899. The molecule has 1 saturated heterocycles. The molecule has 3 rings (SSSR count). The molecule has 0 unspecified atom stereocenters. The summed E-state index contributed by atoms with van der Waals surface area (Å²) < 4.78 is 22.7. The molecule has 1 aliphatic heterocycles. The number of nitrogens with zero attached hydrogens (tertiary/aromatic N) is 1. The molecule has 0 radical (unpaired) electrons. The maximum absolute atomic E-state index is 12.4. The first-order chi connectivity index (χ1) is 12.3. The lowest BCUT2D eigenvalue weighted by Crippen LogP contribution is -2.19. The van der Waals surface area contributed by atoms with Crippen molar-refractivity contribution in [2.24, 2.45) is 0 Å². The molecule has 1 heterocycles. The van der Waals surface area contributed by atoms with Gasteiger partial charge in [-0.15, -0.1) is 0 Å². The predicted molar refractivity (Wildman–Crippen MR) is 106 cm³/mol. The van der Waals surface area contributed by atoms with Crippen LogP contribution in [0.4, 0.5) is 11.4 Å². The van der Waals surface area contributed by atoms with Crippen LogP contribution in [0.5, 0.6) is 0 Å². The van der Waals surface area contributed by atoms with Gasteiger partial charge >= 0.3 is 0 Å². The fourth-order valence-corrected chi connectivity index (χ4v) is 4.10. The molecule has 2 aromatic carbocycles. The van der Waals surface area contributed by atoms with E-state index in [9.17, 15) is 13.2 Å². The Morgan fingerprint density at radius 3 is 2.31 bits per heavy atom. The van der Waals surface area contributed by atoms with E-state index in [0.29, 0.717) is 11.1 Å². The van der Waals surface area contributed by atoms with E-state index in [1.165, 1.54) is 24.8 Å². The summed E-state index contributed by atoms with van der Waals surface area (Å²) in [6.07, 6.45) is 3.66. The van der Waals surface area contributed by atoms with Gasteiger partial charge in [-0.3, -0.25) is 4.79 Å². The second-order valence-electron chi connectivity index (χ2n) is 6.92. The summed E-state index contributed by atoms with van der Waals surface area (Å²) in [5.41, 5.74) is 4.31. The number of rotatable bonds is 5.